The first-order chi connectivity index (χ1) is 9.19. The van der Waals surface area contributed by atoms with Gasteiger partial charge >= 0.3 is 0 Å². The Morgan fingerprint density at radius 1 is 1.42 bits per heavy atom. The summed E-state index contributed by atoms with van der Waals surface area (Å²) in [7, 11) is 0. The zero-order valence-corrected chi connectivity index (χ0v) is 12.0. The summed E-state index contributed by atoms with van der Waals surface area (Å²) >= 11 is 0. The van der Waals surface area contributed by atoms with Crippen LogP contribution in [0, 0.1) is 5.92 Å². The average Bonchev–Trinajstić information content (AvgIpc) is 2.42. The van der Waals surface area contributed by atoms with Gasteiger partial charge in [-0.3, -0.25) is 4.90 Å². The number of hydrogen-bond acceptors (Lipinski definition) is 3. The summed E-state index contributed by atoms with van der Waals surface area (Å²) in [6.45, 7) is 6.26. The van der Waals surface area contributed by atoms with Gasteiger partial charge in [-0.1, -0.05) is 32.0 Å². The van der Waals surface area contributed by atoms with Crippen molar-refractivity contribution in [3.05, 3.63) is 29.8 Å². The van der Waals surface area contributed by atoms with Gasteiger partial charge in [0.1, 0.15) is 5.75 Å². The lowest BCUT2D eigenvalue weighted by Gasteiger charge is -2.44. The summed E-state index contributed by atoms with van der Waals surface area (Å²) in [6.07, 6.45) is 3.48. The molecule has 1 aliphatic rings. The molecule has 0 bridgehead atoms. The highest BCUT2D eigenvalue weighted by molar-refractivity contribution is 5.34. The molecule has 0 aromatic heterocycles. The van der Waals surface area contributed by atoms with Gasteiger partial charge in [-0.25, -0.2) is 0 Å². The Balaban J connectivity index is 2.28. The van der Waals surface area contributed by atoms with Crippen molar-refractivity contribution in [3.8, 4) is 5.75 Å². The van der Waals surface area contributed by atoms with E-state index in [1.807, 2.05) is 18.2 Å². The average molecular weight is 262 g/mol. The normalized spacial score (nSPS) is 26.3. The van der Waals surface area contributed by atoms with Gasteiger partial charge in [0.25, 0.3) is 0 Å². The predicted octanol–water partition coefficient (Wildman–Crippen LogP) is 2.90. The largest absolute Gasteiger partial charge is 0.508 e. The van der Waals surface area contributed by atoms with Crippen LogP contribution in [-0.2, 0) is 0 Å². The lowest BCUT2D eigenvalue weighted by atomic mass is 9.87. The molecule has 3 unspecified atom stereocenters. The van der Waals surface area contributed by atoms with Gasteiger partial charge in [0, 0.05) is 24.2 Å². The molecule has 2 rings (SSSR count). The zero-order valence-electron chi connectivity index (χ0n) is 12.0. The van der Waals surface area contributed by atoms with Gasteiger partial charge in [-0.05, 0) is 37.8 Å². The summed E-state index contributed by atoms with van der Waals surface area (Å²) in [5.41, 5.74) is 7.03. The number of para-hydroxylation sites is 1. The molecular formula is C16H26N2O. The minimum atomic E-state index is 0.275. The Bertz CT molecular complexity index is 407. The van der Waals surface area contributed by atoms with Crippen LogP contribution in [0.3, 0.4) is 0 Å². The van der Waals surface area contributed by atoms with Crippen LogP contribution in [0.4, 0.5) is 0 Å². The quantitative estimate of drug-likeness (QED) is 0.877. The first-order valence-electron chi connectivity index (χ1n) is 7.42. The number of phenols is 1. The van der Waals surface area contributed by atoms with Crippen molar-refractivity contribution in [1.29, 1.82) is 0 Å². The first-order valence-corrected chi connectivity index (χ1v) is 7.42. The number of benzene rings is 1. The van der Waals surface area contributed by atoms with E-state index >= 15 is 0 Å². The lowest BCUT2D eigenvalue weighted by Crippen LogP contribution is -2.49. The van der Waals surface area contributed by atoms with Gasteiger partial charge < -0.3 is 10.8 Å². The second-order valence-electron chi connectivity index (χ2n) is 5.64. The number of aromatic hydroxyl groups is 1. The molecular weight excluding hydrogens is 236 g/mol. The minimum Gasteiger partial charge on any atom is -0.508 e. The molecule has 3 heteroatoms. The zero-order chi connectivity index (χ0) is 13.8. The molecule has 106 valence electrons. The number of hydrogen-bond donors (Lipinski definition) is 2. The standard InChI is InChI=1S/C16H26N2O/c1-3-14(13-8-4-5-9-16(13)19)18-10-6-7-12(2)15(18)11-17/h4-5,8-9,12,14-15,19H,3,6-7,10-11,17H2,1-2H3. The fourth-order valence-corrected chi connectivity index (χ4v) is 3.44. The van der Waals surface area contributed by atoms with Crippen molar-refractivity contribution < 1.29 is 5.11 Å². The van der Waals surface area contributed by atoms with Crippen LogP contribution >= 0.6 is 0 Å². The molecule has 0 saturated carbocycles. The van der Waals surface area contributed by atoms with E-state index in [-0.39, 0.29) is 6.04 Å². The Morgan fingerprint density at radius 3 is 2.79 bits per heavy atom. The third-order valence-electron chi connectivity index (χ3n) is 4.48. The fourth-order valence-electron chi connectivity index (χ4n) is 3.44. The molecule has 1 saturated heterocycles. The predicted molar refractivity (Wildman–Crippen MR) is 79.1 cm³/mol. The van der Waals surface area contributed by atoms with Gasteiger partial charge in [0.05, 0.1) is 0 Å². The van der Waals surface area contributed by atoms with E-state index in [9.17, 15) is 5.11 Å². The monoisotopic (exact) mass is 262 g/mol. The molecule has 0 aliphatic carbocycles. The van der Waals surface area contributed by atoms with E-state index in [1.54, 1.807) is 6.07 Å². The summed E-state index contributed by atoms with van der Waals surface area (Å²) in [4.78, 5) is 2.50. The number of phenolic OH excluding ortho intramolecular Hbond substituents is 1. The van der Waals surface area contributed by atoms with Crippen LogP contribution in [0.5, 0.6) is 5.75 Å². The molecule has 0 amide bonds. The Kier molecular flexibility index (Phi) is 4.83. The molecule has 3 atom stereocenters. The molecule has 1 heterocycles. The van der Waals surface area contributed by atoms with Crippen molar-refractivity contribution in [2.24, 2.45) is 11.7 Å². The highest BCUT2D eigenvalue weighted by Gasteiger charge is 2.33. The molecule has 19 heavy (non-hydrogen) atoms. The third kappa shape index (κ3) is 2.93. The van der Waals surface area contributed by atoms with E-state index in [0.717, 1.165) is 18.5 Å². The molecule has 1 fully saturated rings. The second kappa shape index (κ2) is 6.40. The topological polar surface area (TPSA) is 49.5 Å². The van der Waals surface area contributed by atoms with E-state index in [0.29, 0.717) is 24.3 Å². The van der Waals surface area contributed by atoms with Crippen LogP contribution in [0.1, 0.15) is 44.7 Å². The van der Waals surface area contributed by atoms with E-state index in [1.165, 1.54) is 12.8 Å². The van der Waals surface area contributed by atoms with Crippen LogP contribution in [0.25, 0.3) is 0 Å². The summed E-state index contributed by atoms with van der Waals surface area (Å²) in [5.74, 6) is 1.04. The van der Waals surface area contributed by atoms with Crippen molar-refractivity contribution in [3.63, 3.8) is 0 Å². The molecule has 1 aliphatic heterocycles. The summed E-state index contributed by atoms with van der Waals surface area (Å²) in [6, 6.07) is 8.41. The second-order valence-corrected chi connectivity index (χ2v) is 5.64. The van der Waals surface area contributed by atoms with Crippen LogP contribution in [-0.4, -0.2) is 29.1 Å². The number of piperidine rings is 1. The Morgan fingerprint density at radius 2 is 2.16 bits per heavy atom. The van der Waals surface area contributed by atoms with E-state index in [4.69, 9.17) is 5.73 Å². The van der Waals surface area contributed by atoms with Crippen molar-refractivity contribution >= 4 is 0 Å². The van der Waals surface area contributed by atoms with Crippen LogP contribution < -0.4 is 5.73 Å². The van der Waals surface area contributed by atoms with Crippen LogP contribution in [0.2, 0.25) is 0 Å². The van der Waals surface area contributed by atoms with E-state index < -0.39 is 0 Å². The molecule has 0 radical (unpaired) electrons. The summed E-state index contributed by atoms with van der Waals surface area (Å²) in [5, 5.41) is 10.1. The highest BCUT2D eigenvalue weighted by atomic mass is 16.3. The Hall–Kier alpha value is -1.06. The maximum absolute atomic E-state index is 10.1. The third-order valence-corrected chi connectivity index (χ3v) is 4.48. The number of rotatable bonds is 4. The molecule has 1 aromatic rings. The maximum Gasteiger partial charge on any atom is 0.120 e. The number of nitrogens with zero attached hydrogens (tertiary/aromatic N) is 1. The number of nitrogens with two attached hydrogens (primary N) is 1. The summed E-state index contributed by atoms with van der Waals surface area (Å²) < 4.78 is 0. The lowest BCUT2D eigenvalue weighted by molar-refractivity contribution is 0.0585. The first kappa shape index (κ1) is 14.4. The fraction of sp³-hybridized carbons (Fsp3) is 0.625. The Labute approximate surface area is 116 Å². The molecule has 1 aromatic carbocycles. The van der Waals surface area contributed by atoms with Gasteiger partial charge in [0.2, 0.25) is 0 Å². The van der Waals surface area contributed by atoms with Crippen molar-refractivity contribution in [2.75, 3.05) is 13.1 Å². The van der Waals surface area contributed by atoms with Gasteiger partial charge in [-0.2, -0.15) is 0 Å². The maximum atomic E-state index is 10.1. The molecule has 3 nitrogen and oxygen atoms in total. The highest BCUT2D eigenvalue weighted by Crippen LogP contribution is 2.36. The van der Waals surface area contributed by atoms with Crippen molar-refractivity contribution in [1.82, 2.24) is 4.90 Å². The van der Waals surface area contributed by atoms with E-state index in [2.05, 4.69) is 18.7 Å². The molecule has 3 N–H and O–H groups in total. The van der Waals surface area contributed by atoms with Crippen molar-refractivity contribution in [2.45, 2.75) is 45.2 Å². The van der Waals surface area contributed by atoms with Crippen LogP contribution in [0.15, 0.2) is 24.3 Å². The van der Waals surface area contributed by atoms with Gasteiger partial charge in [0.15, 0.2) is 0 Å². The smallest absolute Gasteiger partial charge is 0.120 e. The number of likely N-dealkylation sites (tertiary alicyclic amines) is 1. The van der Waals surface area contributed by atoms with Gasteiger partial charge in [-0.15, -0.1) is 0 Å². The minimum absolute atomic E-state index is 0.275. The SMILES string of the molecule is CCC(c1ccccc1O)N1CCCC(C)C1CN. The molecule has 0 spiro atoms.